The zero-order valence-corrected chi connectivity index (χ0v) is 10.8. The summed E-state index contributed by atoms with van der Waals surface area (Å²) in [6.07, 6.45) is -21.9. The molecule has 0 N–H and O–H groups in total. The van der Waals surface area contributed by atoms with E-state index in [1.165, 1.54) is 0 Å². The van der Waals surface area contributed by atoms with Gasteiger partial charge in [-0.2, -0.15) is 48.3 Å². The maximum atomic E-state index is 13.5. The molecule has 142 valence electrons. The lowest BCUT2D eigenvalue weighted by atomic mass is 10.2. The maximum absolute atomic E-state index is 13.5. The molecule has 0 saturated carbocycles. The molecule has 0 spiro atoms. The van der Waals surface area contributed by atoms with Crippen LogP contribution in [0, 0.1) is 0 Å². The van der Waals surface area contributed by atoms with Gasteiger partial charge in [0.05, 0.1) is 6.61 Å². The van der Waals surface area contributed by atoms with E-state index < -0.39 is 48.9 Å². The zero-order valence-electron chi connectivity index (χ0n) is 10.8. The third kappa shape index (κ3) is 3.81. The van der Waals surface area contributed by atoms with E-state index in [1.807, 2.05) is 4.74 Å². The van der Waals surface area contributed by atoms with Crippen LogP contribution in [-0.4, -0.2) is 55.5 Å². The SMILES string of the molecule is O=C(OCC1CO1)C(F)(OC(F)(F)C(F)(F)C(F)(F)F)C(F)(F)F. The number of ether oxygens (including phenoxy) is 3. The molecule has 1 rings (SSSR count). The van der Waals surface area contributed by atoms with Crippen molar-refractivity contribution in [3.63, 3.8) is 0 Å². The van der Waals surface area contributed by atoms with E-state index in [1.54, 1.807) is 0 Å². The Balaban J connectivity index is 3.10. The first-order chi connectivity index (χ1) is 10.5. The monoisotopic (exact) mass is 386 g/mol. The Labute approximate surface area is 124 Å². The van der Waals surface area contributed by atoms with Crippen LogP contribution in [0.25, 0.3) is 0 Å². The average molecular weight is 386 g/mol. The minimum atomic E-state index is -7.23. The molecule has 1 saturated heterocycles. The van der Waals surface area contributed by atoms with Gasteiger partial charge in [-0.05, 0) is 0 Å². The van der Waals surface area contributed by atoms with Crippen LogP contribution in [0.3, 0.4) is 0 Å². The van der Waals surface area contributed by atoms with Crippen molar-refractivity contribution < 1.29 is 67.3 Å². The Kier molecular flexibility index (Phi) is 5.04. The molecule has 0 bridgehead atoms. The third-order valence-electron chi connectivity index (χ3n) is 2.42. The second kappa shape index (κ2) is 5.86. The Morgan fingerprint density at radius 3 is 1.71 bits per heavy atom. The van der Waals surface area contributed by atoms with E-state index >= 15 is 0 Å². The van der Waals surface area contributed by atoms with Crippen molar-refractivity contribution in [3.8, 4) is 0 Å². The van der Waals surface area contributed by atoms with E-state index in [0.717, 1.165) is 0 Å². The average Bonchev–Trinajstić information content (AvgIpc) is 3.16. The van der Waals surface area contributed by atoms with Crippen molar-refractivity contribution in [1.29, 1.82) is 0 Å². The van der Waals surface area contributed by atoms with E-state index in [-0.39, 0.29) is 6.61 Å². The lowest BCUT2D eigenvalue weighted by Crippen LogP contribution is -2.62. The van der Waals surface area contributed by atoms with Crippen LogP contribution in [0.15, 0.2) is 0 Å². The summed E-state index contributed by atoms with van der Waals surface area (Å²) in [5, 5.41) is 0. The van der Waals surface area contributed by atoms with Gasteiger partial charge in [0, 0.05) is 0 Å². The molecule has 24 heavy (non-hydrogen) atoms. The van der Waals surface area contributed by atoms with Crippen molar-refractivity contribution in [3.05, 3.63) is 0 Å². The first-order valence-electron chi connectivity index (χ1n) is 5.52. The number of carbonyl (C=O) groups is 1. The van der Waals surface area contributed by atoms with Crippen LogP contribution >= 0.6 is 0 Å². The lowest BCUT2D eigenvalue weighted by molar-refractivity contribution is -0.475. The molecule has 1 aliphatic rings. The summed E-state index contributed by atoms with van der Waals surface area (Å²) < 4.78 is 147. The highest BCUT2D eigenvalue weighted by Crippen LogP contribution is 2.51. The first kappa shape index (κ1) is 20.7. The summed E-state index contributed by atoms with van der Waals surface area (Å²) in [4.78, 5) is 10.9. The number of rotatable bonds is 6. The van der Waals surface area contributed by atoms with E-state index in [4.69, 9.17) is 0 Å². The zero-order chi connectivity index (χ0) is 19.2. The van der Waals surface area contributed by atoms with Crippen LogP contribution in [0.4, 0.5) is 48.3 Å². The number of alkyl halides is 11. The highest BCUT2D eigenvalue weighted by molar-refractivity contribution is 5.79. The smallest absolute Gasteiger partial charge is 0.458 e. The van der Waals surface area contributed by atoms with E-state index in [9.17, 15) is 53.1 Å². The Bertz CT molecular complexity index is 481. The first-order valence-corrected chi connectivity index (χ1v) is 5.52. The summed E-state index contributed by atoms with van der Waals surface area (Å²) in [5.74, 6) is -16.8. The molecule has 0 amide bonds. The predicted molar refractivity (Wildman–Crippen MR) is 47.6 cm³/mol. The minimum absolute atomic E-state index is 0.151. The molecule has 15 heteroatoms. The normalized spacial score (nSPS) is 22.0. The number of esters is 1. The van der Waals surface area contributed by atoms with Crippen LogP contribution in [0.5, 0.6) is 0 Å². The van der Waals surface area contributed by atoms with Crippen molar-refractivity contribution >= 4 is 5.97 Å². The molecule has 4 nitrogen and oxygen atoms in total. The van der Waals surface area contributed by atoms with E-state index in [2.05, 4.69) is 9.47 Å². The van der Waals surface area contributed by atoms with Gasteiger partial charge in [0.1, 0.15) is 12.7 Å². The van der Waals surface area contributed by atoms with Crippen LogP contribution < -0.4 is 0 Å². The molecular formula is C9H5F11O4. The number of epoxide rings is 1. The molecule has 0 aromatic rings. The van der Waals surface area contributed by atoms with Crippen molar-refractivity contribution in [2.75, 3.05) is 13.2 Å². The van der Waals surface area contributed by atoms with Crippen molar-refractivity contribution in [1.82, 2.24) is 0 Å². The van der Waals surface area contributed by atoms with Gasteiger partial charge in [0.25, 0.3) is 0 Å². The van der Waals surface area contributed by atoms with Crippen molar-refractivity contribution in [2.45, 2.75) is 36.3 Å². The highest BCUT2D eigenvalue weighted by Gasteiger charge is 2.80. The van der Waals surface area contributed by atoms with Gasteiger partial charge in [0.15, 0.2) is 0 Å². The van der Waals surface area contributed by atoms with Crippen LogP contribution in [-0.2, 0) is 19.0 Å². The van der Waals surface area contributed by atoms with Gasteiger partial charge in [-0.25, -0.2) is 4.79 Å². The second-order valence-electron chi connectivity index (χ2n) is 4.34. The van der Waals surface area contributed by atoms with Gasteiger partial charge in [-0.3, -0.25) is 4.74 Å². The molecule has 0 aliphatic carbocycles. The second-order valence-corrected chi connectivity index (χ2v) is 4.34. The molecule has 1 heterocycles. The molecule has 0 radical (unpaired) electrons. The maximum Gasteiger partial charge on any atom is 0.462 e. The van der Waals surface area contributed by atoms with Gasteiger partial charge >= 0.3 is 36.2 Å². The Morgan fingerprint density at radius 2 is 1.38 bits per heavy atom. The Morgan fingerprint density at radius 1 is 0.917 bits per heavy atom. The van der Waals surface area contributed by atoms with Crippen LogP contribution in [0.1, 0.15) is 0 Å². The summed E-state index contributed by atoms with van der Waals surface area (Å²) >= 11 is 0. The van der Waals surface area contributed by atoms with Crippen molar-refractivity contribution in [2.24, 2.45) is 0 Å². The number of carbonyl (C=O) groups excluding carboxylic acids is 1. The summed E-state index contributed by atoms with van der Waals surface area (Å²) in [6.45, 7) is -1.24. The third-order valence-corrected chi connectivity index (χ3v) is 2.42. The highest BCUT2D eigenvalue weighted by atomic mass is 19.4. The van der Waals surface area contributed by atoms with Crippen LogP contribution in [0.2, 0.25) is 0 Å². The molecule has 2 unspecified atom stereocenters. The van der Waals surface area contributed by atoms with Gasteiger partial charge in [-0.15, -0.1) is 0 Å². The van der Waals surface area contributed by atoms with Gasteiger partial charge in [-0.1, -0.05) is 0 Å². The van der Waals surface area contributed by atoms with Gasteiger partial charge in [0.2, 0.25) is 0 Å². The van der Waals surface area contributed by atoms with E-state index in [0.29, 0.717) is 0 Å². The molecule has 2 atom stereocenters. The predicted octanol–water partition coefficient (Wildman–Crippen LogP) is 2.96. The fraction of sp³-hybridized carbons (Fsp3) is 0.889. The topological polar surface area (TPSA) is 48.1 Å². The minimum Gasteiger partial charge on any atom is -0.458 e. The number of hydrogen-bond donors (Lipinski definition) is 0. The summed E-state index contributed by atoms with van der Waals surface area (Å²) in [6, 6.07) is 0. The molecule has 0 aromatic carbocycles. The van der Waals surface area contributed by atoms with Gasteiger partial charge < -0.3 is 9.47 Å². The molecular weight excluding hydrogens is 381 g/mol. The number of hydrogen-bond acceptors (Lipinski definition) is 4. The molecule has 1 fully saturated rings. The lowest BCUT2D eigenvalue weighted by Gasteiger charge is -2.33. The fourth-order valence-electron chi connectivity index (χ4n) is 1.05. The molecule has 0 aromatic heterocycles. The largest absolute Gasteiger partial charge is 0.462 e. The standard InChI is InChI=1S/C9H5F11O4/c10-5(7(13,14)15,4(21)23-2-3-1-22-3)24-9(19,20)6(11,12)8(16,17)18/h3H,1-2H2. The Hall–Kier alpha value is -1.38. The number of halogens is 11. The summed E-state index contributed by atoms with van der Waals surface area (Å²) in [5.41, 5.74) is 0. The fourth-order valence-corrected chi connectivity index (χ4v) is 1.05. The summed E-state index contributed by atoms with van der Waals surface area (Å²) in [7, 11) is 0. The molecule has 1 aliphatic heterocycles. The quantitative estimate of drug-likeness (QED) is 0.400.